The molecule has 0 spiro atoms. The Morgan fingerprint density at radius 1 is 1.14 bits per heavy atom. The summed E-state index contributed by atoms with van der Waals surface area (Å²) in [5.74, 6) is -1.90. The summed E-state index contributed by atoms with van der Waals surface area (Å²) in [4.78, 5) is 29.9. The normalized spacial score (nSPS) is 21.5. The molecule has 1 N–H and O–H groups in total. The molecule has 2 saturated heterocycles. The van der Waals surface area contributed by atoms with Gasteiger partial charge < -0.3 is 19.7 Å². The van der Waals surface area contributed by atoms with Gasteiger partial charge in [0.05, 0.1) is 36.3 Å². The second-order valence-electron chi connectivity index (χ2n) is 8.46. The van der Waals surface area contributed by atoms with Gasteiger partial charge in [-0.05, 0) is 25.1 Å². The van der Waals surface area contributed by atoms with Crippen molar-refractivity contribution in [3.05, 3.63) is 59.1 Å². The predicted octanol–water partition coefficient (Wildman–Crippen LogP) is 3.67. The molecule has 2 aliphatic rings. The van der Waals surface area contributed by atoms with Crippen LogP contribution in [-0.2, 0) is 4.74 Å². The minimum atomic E-state index is -0.843. The smallest absolute Gasteiger partial charge is 0.256 e. The molecule has 0 aliphatic carbocycles. The van der Waals surface area contributed by atoms with E-state index in [1.807, 2.05) is 4.90 Å². The quantitative estimate of drug-likeness (QED) is 0.506. The number of hydrogen-bond donors (Lipinski definition) is 1. The largest absolute Gasteiger partial charge is 0.471 e. The second-order valence-corrected chi connectivity index (χ2v) is 8.90. The van der Waals surface area contributed by atoms with Crippen molar-refractivity contribution < 1.29 is 23.0 Å². The Bertz CT molecular complexity index is 1230. The lowest BCUT2D eigenvalue weighted by Gasteiger charge is -2.46. The SMILES string of the molecule is CC(=O)c1ccc(Nc2ncnc(OC3C4COCC3CN(c3ncc(Cl)cn3)C4)c2F)c(F)c1. The first-order chi connectivity index (χ1) is 16.9. The van der Waals surface area contributed by atoms with Crippen molar-refractivity contribution in [1.29, 1.82) is 0 Å². The van der Waals surface area contributed by atoms with Crippen molar-refractivity contribution in [2.24, 2.45) is 11.8 Å². The summed E-state index contributed by atoms with van der Waals surface area (Å²) >= 11 is 5.90. The van der Waals surface area contributed by atoms with Crippen LogP contribution in [0, 0.1) is 23.5 Å². The number of rotatable bonds is 6. The summed E-state index contributed by atoms with van der Waals surface area (Å²) in [6.45, 7) is 3.29. The number of fused-ring (bicyclic) bond motifs is 2. The highest BCUT2D eigenvalue weighted by Crippen LogP contribution is 2.34. The van der Waals surface area contributed by atoms with Gasteiger partial charge in [-0.2, -0.15) is 9.37 Å². The molecule has 0 saturated carbocycles. The standard InChI is InChI=1S/C23H21ClF2N6O3/c1-12(33)13-2-3-18(17(25)4-13)31-21-19(26)22(30-11-29-21)35-20-14-7-32(8-15(20)10-34-9-14)23-27-5-16(24)6-28-23/h2-6,11,14-15,20H,7-10H2,1H3,(H,29,30,31). The van der Waals surface area contributed by atoms with Gasteiger partial charge in [-0.15, -0.1) is 0 Å². The Kier molecular flexibility index (Phi) is 6.44. The molecule has 2 aliphatic heterocycles. The zero-order chi connectivity index (χ0) is 24.5. The van der Waals surface area contributed by atoms with Gasteiger partial charge in [0.1, 0.15) is 18.2 Å². The van der Waals surface area contributed by atoms with Crippen molar-refractivity contribution in [2.45, 2.75) is 13.0 Å². The lowest BCUT2D eigenvalue weighted by atomic mass is 9.84. The summed E-state index contributed by atoms with van der Waals surface area (Å²) in [5, 5.41) is 3.07. The number of benzene rings is 1. The van der Waals surface area contributed by atoms with Crippen molar-refractivity contribution in [2.75, 3.05) is 36.5 Å². The summed E-state index contributed by atoms with van der Waals surface area (Å²) < 4.78 is 41.4. The molecule has 1 aromatic carbocycles. The third kappa shape index (κ3) is 4.87. The summed E-state index contributed by atoms with van der Waals surface area (Å²) in [6.07, 6.45) is 3.88. The molecule has 2 bridgehead atoms. The van der Waals surface area contributed by atoms with E-state index in [2.05, 4.69) is 25.3 Å². The van der Waals surface area contributed by atoms with Crippen LogP contribution in [0.2, 0.25) is 5.02 Å². The fourth-order valence-electron chi connectivity index (χ4n) is 4.34. The molecule has 2 unspecified atom stereocenters. The highest BCUT2D eigenvalue weighted by atomic mass is 35.5. The van der Waals surface area contributed by atoms with E-state index in [9.17, 15) is 9.18 Å². The molecule has 3 aromatic rings. The monoisotopic (exact) mass is 502 g/mol. The first-order valence-corrected chi connectivity index (χ1v) is 11.3. The van der Waals surface area contributed by atoms with Gasteiger partial charge in [-0.3, -0.25) is 4.79 Å². The zero-order valence-electron chi connectivity index (χ0n) is 18.6. The van der Waals surface area contributed by atoms with E-state index in [-0.39, 0.29) is 46.7 Å². The number of carbonyl (C=O) groups excluding carboxylic acids is 1. The molecule has 4 heterocycles. The van der Waals surface area contributed by atoms with Gasteiger partial charge in [0.15, 0.2) is 11.6 Å². The molecule has 0 radical (unpaired) electrons. The van der Waals surface area contributed by atoms with Gasteiger partial charge in [0.2, 0.25) is 11.8 Å². The fourth-order valence-corrected chi connectivity index (χ4v) is 4.44. The van der Waals surface area contributed by atoms with Crippen LogP contribution in [0.3, 0.4) is 0 Å². The summed E-state index contributed by atoms with van der Waals surface area (Å²) in [7, 11) is 0. The molecule has 5 rings (SSSR count). The molecule has 0 amide bonds. The van der Waals surface area contributed by atoms with Gasteiger partial charge in [-0.1, -0.05) is 11.6 Å². The number of aromatic nitrogens is 4. The third-order valence-corrected chi connectivity index (χ3v) is 6.22. The average Bonchev–Trinajstić information content (AvgIpc) is 2.83. The number of ether oxygens (including phenoxy) is 2. The van der Waals surface area contributed by atoms with E-state index < -0.39 is 11.6 Å². The minimum absolute atomic E-state index is 0.0277. The lowest BCUT2D eigenvalue weighted by Crippen LogP contribution is -2.58. The third-order valence-electron chi connectivity index (χ3n) is 6.03. The molecule has 2 fully saturated rings. The van der Waals surface area contributed by atoms with Crippen LogP contribution in [0.15, 0.2) is 36.9 Å². The highest BCUT2D eigenvalue weighted by Gasteiger charge is 2.43. The highest BCUT2D eigenvalue weighted by molar-refractivity contribution is 6.30. The summed E-state index contributed by atoms with van der Waals surface area (Å²) in [5.41, 5.74) is 0.185. The van der Waals surface area contributed by atoms with Crippen LogP contribution in [0.5, 0.6) is 5.88 Å². The minimum Gasteiger partial charge on any atom is -0.471 e. The molecular weight excluding hydrogens is 482 g/mol. The number of anilines is 3. The van der Waals surface area contributed by atoms with Crippen molar-refractivity contribution >= 4 is 34.8 Å². The van der Waals surface area contributed by atoms with E-state index in [4.69, 9.17) is 21.1 Å². The maximum absolute atomic E-state index is 15.2. The maximum Gasteiger partial charge on any atom is 0.256 e. The first-order valence-electron chi connectivity index (χ1n) is 10.9. The number of hydrogen-bond acceptors (Lipinski definition) is 9. The van der Waals surface area contributed by atoms with Crippen LogP contribution in [0.1, 0.15) is 17.3 Å². The Morgan fingerprint density at radius 2 is 1.86 bits per heavy atom. The van der Waals surface area contributed by atoms with Gasteiger partial charge in [0, 0.05) is 30.5 Å². The number of Topliss-reactive ketones (excluding diaryl/α,β-unsaturated/α-hetero) is 1. The fraction of sp³-hybridized carbons (Fsp3) is 0.348. The molecule has 182 valence electrons. The molecule has 2 aromatic heterocycles. The number of piperidine rings is 1. The van der Waals surface area contributed by atoms with Gasteiger partial charge in [-0.25, -0.2) is 19.3 Å². The molecule has 2 atom stereocenters. The zero-order valence-corrected chi connectivity index (χ0v) is 19.4. The van der Waals surface area contributed by atoms with Crippen molar-refractivity contribution in [1.82, 2.24) is 19.9 Å². The van der Waals surface area contributed by atoms with Crippen LogP contribution < -0.4 is 15.0 Å². The molecule has 12 heteroatoms. The van der Waals surface area contributed by atoms with E-state index in [0.29, 0.717) is 37.3 Å². The Balaban J connectivity index is 1.33. The van der Waals surface area contributed by atoms with E-state index in [1.165, 1.54) is 19.1 Å². The summed E-state index contributed by atoms with van der Waals surface area (Å²) in [6, 6.07) is 3.88. The molecule has 35 heavy (non-hydrogen) atoms. The number of nitrogens with one attached hydrogen (secondary N) is 1. The van der Waals surface area contributed by atoms with Crippen LogP contribution >= 0.6 is 11.6 Å². The lowest BCUT2D eigenvalue weighted by molar-refractivity contribution is -0.0780. The Morgan fingerprint density at radius 3 is 2.51 bits per heavy atom. The molecular formula is C23H21ClF2N6O3. The number of carbonyl (C=O) groups is 1. The van der Waals surface area contributed by atoms with Crippen LogP contribution in [-0.4, -0.2) is 58.1 Å². The Hall–Kier alpha value is -3.44. The van der Waals surface area contributed by atoms with E-state index >= 15 is 4.39 Å². The predicted molar refractivity (Wildman–Crippen MR) is 123 cm³/mol. The van der Waals surface area contributed by atoms with E-state index in [0.717, 1.165) is 12.4 Å². The second kappa shape index (κ2) is 9.67. The van der Waals surface area contributed by atoms with E-state index in [1.54, 1.807) is 12.4 Å². The number of ketones is 1. The topological polar surface area (TPSA) is 102 Å². The van der Waals surface area contributed by atoms with Crippen LogP contribution in [0.25, 0.3) is 0 Å². The van der Waals surface area contributed by atoms with Gasteiger partial charge in [0.25, 0.3) is 5.88 Å². The number of halogens is 3. The van der Waals surface area contributed by atoms with Crippen molar-refractivity contribution in [3.8, 4) is 5.88 Å². The number of nitrogens with zero attached hydrogens (tertiary/aromatic N) is 5. The van der Waals surface area contributed by atoms with Gasteiger partial charge >= 0.3 is 0 Å². The average molecular weight is 503 g/mol. The molecule has 9 nitrogen and oxygen atoms in total. The van der Waals surface area contributed by atoms with Crippen molar-refractivity contribution in [3.63, 3.8) is 0 Å². The maximum atomic E-state index is 15.2. The Labute approximate surface area is 204 Å². The first kappa shape index (κ1) is 23.3. The van der Waals surface area contributed by atoms with Crippen LogP contribution in [0.4, 0.5) is 26.2 Å².